The third kappa shape index (κ3) is 13.7. The zero-order chi connectivity index (χ0) is 11.2. The molecule has 0 bridgehead atoms. The molecule has 0 radical (unpaired) electrons. The maximum Gasteiger partial charge on any atom is 0.0462 e. The fourth-order valence-corrected chi connectivity index (χ4v) is 1.51. The van der Waals surface area contributed by atoms with E-state index in [1.54, 1.807) is 7.11 Å². The smallest absolute Gasteiger partial charge is 0.0462 e. The Balaban J connectivity index is 2.83. The highest BCUT2D eigenvalue weighted by Gasteiger charge is 1.90. The van der Waals surface area contributed by atoms with Gasteiger partial charge in [-0.25, -0.2) is 0 Å². The van der Waals surface area contributed by atoms with Gasteiger partial charge in [0.15, 0.2) is 0 Å². The van der Waals surface area contributed by atoms with Crippen LogP contribution in [0.25, 0.3) is 0 Å². The number of hydrogen-bond acceptors (Lipinski definition) is 2. The first-order valence-corrected chi connectivity index (χ1v) is 6.22. The number of allylic oxidation sites excluding steroid dienone is 1. The van der Waals surface area contributed by atoms with Crippen molar-refractivity contribution >= 4 is 0 Å². The summed E-state index contributed by atoms with van der Waals surface area (Å²) in [7, 11) is 1.77. The molecule has 1 N–H and O–H groups in total. The van der Waals surface area contributed by atoms with Crippen molar-refractivity contribution in [1.29, 1.82) is 0 Å². The minimum atomic E-state index is 0.904. The van der Waals surface area contributed by atoms with E-state index in [0.29, 0.717) is 0 Å². The lowest BCUT2D eigenvalue weighted by Crippen LogP contribution is -2.16. The molecule has 2 heteroatoms. The molecule has 0 heterocycles. The number of ether oxygens (including phenoxy) is 1. The lowest BCUT2D eigenvalue weighted by atomic mass is 10.2. The van der Waals surface area contributed by atoms with E-state index in [-0.39, 0.29) is 0 Å². The van der Waals surface area contributed by atoms with E-state index in [9.17, 15) is 0 Å². The second kappa shape index (κ2) is 13.7. The number of nitrogens with one attached hydrogen (secondary N) is 1. The lowest BCUT2D eigenvalue weighted by Gasteiger charge is -2.04. The first kappa shape index (κ1) is 14.7. The van der Waals surface area contributed by atoms with Crippen LogP contribution in [0.1, 0.15) is 44.9 Å². The topological polar surface area (TPSA) is 21.3 Å². The van der Waals surface area contributed by atoms with Crippen molar-refractivity contribution in [3.8, 4) is 0 Å². The van der Waals surface area contributed by atoms with Crippen LogP contribution in [-0.4, -0.2) is 26.8 Å². The summed E-state index contributed by atoms with van der Waals surface area (Å²) in [6.07, 6.45) is 10.8. The van der Waals surface area contributed by atoms with Crippen molar-refractivity contribution in [3.63, 3.8) is 0 Å². The van der Waals surface area contributed by atoms with E-state index in [0.717, 1.165) is 19.6 Å². The molecule has 0 amide bonds. The minimum absolute atomic E-state index is 0.904. The van der Waals surface area contributed by atoms with Crippen molar-refractivity contribution in [2.45, 2.75) is 44.9 Å². The normalized spacial score (nSPS) is 10.5. The molecule has 0 unspecified atom stereocenters. The Morgan fingerprint density at radius 1 is 1.00 bits per heavy atom. The molecule has 0 atom stereocenters. The number of unbranched alkanes of at least 4 members (excludes halogenated alkanes) is 5. The summed E-state index contributed by atoms with van der Waals surface area (Å²) in [5.74, 6) is 0. The summed E-state index contributed by atoms with van der Waals surface area (Å²) in [4.78, 5) is 0. The molecule has 0 aliphatic rings. The molecular weight excluding hydrogens is 186 g/mol. The maximum atomic E-state index is 5.00. The van der Waals surface area contributed by atoms with E-state index in [1.807, 2.05) is 6.08 Å². The maximum absolute atomic E-state index is 5.00. The number of hydrogen-bond donors (Lipinski definition) is 1. The Morgan fingerprint density at radius 2 is 1.67 bits per heavy atom. The average molecular weight is 213 g/mol. The quantitative estimate of drug-likeness (QED) is 0.397. The SMILES string of the molecule is C=CCCCCCNCCCCCOC. The predicted octanol–water partition coefficient (Wildman–Crippen LogP) is 3.14. The number of rotatable bonds is 12. The first-order chi connectivity index (χ1) is 7.41. The summed E-state index contributed by atoms with van der Waals surface area (Å²) in [6.45, 7) is 6.95. The van der Waals surface area contributed by atoms with E-state index < -0.39 is 0 Å². The van der Waals surface area contributed by atoms with Crippen molar-refractivity contribution in [1.82, 2.24) is 5.32 Å². The van der Waals surface area contributed by atoms with Crippen LogP contribution in [0, 0.1) is 0 Å². The highest BCUT2D eigenvalue weighted by molar-refractivity contribution is 4.65. The largest absolute Gasteiger partial charge is 0.385 e. The molecule has 0 rings (SSSR count). The molecule has 0 aliphatic carbocycles. The molecule has 0 aromatic carbocycles. The highest BCUT2D eigenvalue weighted by atomic mass is 16.5. The van der Waals surface area contributed by atoms with Gasteiger partial charge in [0, 0.05) is 13.7 Å². The van der Waals surface area contributed by atoms with Crippen LogP contribution in [0.3, 0.4) is 0 Å². The Bertz CT molecular complexity index is 126. The van der Waals surface area contributed by atoms with Crippen LogP contribution in [0.15, 0.2) is 12.7 Å². The van der Waals surface area contributed by atoms with Gasteiger partial charge >= 0.3 is 0 Å². The van der Waals surface area contributed by atoms with Gasteiger partial charge < -0.3 is 10.1 Å². The molecule has 0 aliphatic heterocycles. The second-order valence-corrected chi connectivity index (χ2v) is 3.94. The molecule has 0 saturated heterocycles. The molecule has 90 valence electrons. The fourth-order valence-electron chi connectivity index (χ4n) is 1.51. The van der Waals surface area contributed by atoms with Crippen LogP contribution >= 0.6 is 0 Å². The van der Waals surface area contributed by atoms with Gasteiger partial charge in [-0.05, 0) is 51.6 Å². The second-order valence-electron chi connectivity index (χ2n) is 3.94. The molecule has 0 aromatic heterocycles. The highest BCUT2D eigenvalue weighted by Crippen LogP contribution is 1.99. The van der Waals surface area contributed by atoms with Crippen molar-refractivity contribution in [3.05, 3.63) is 12.7 Å². The van der Waals surface area contributed by atoms with Crippen molar-refractivity contribution in [2.24, 2.45) is 0 Å². The van der Waals surface area contributed by atoms with Gasteiger partial charge in [0.25, 0.3) is 0 Å². The van der Waals surface area contributed by atoms with Crippen LogP contribution in [0.4, 0.5) is 0 Å². The lowest BCUT2D eigenvalue weighted by molar-refractivity contribution is 0.192. The van der Waals surface area contributed by atoms with Crippen LogP contribution in [0.5, 0.6) is 0 Å². The van der Waals surface area contributed by atoms with Gasteiger partial charge in [-0.1, -0.05) is 12.5 Å². The van der Waals surface area contributed by atoms with Crippen LogP contribution in [-0.2, 0) is 4.74 Å². The molecule has 0 fully saturated rings. The molecule has 2 nitrogen and oxygen atoms in total. The summed E-state index contributed by atoms with van der Waals surface area (Å²) in [5.41, 5.74) is 0. The van der Waals surface area contributed by atoms with Crippen molar-refractivity contribution in [2.75, 3.05) is 26.8 Å². The summed E-state index contributed by atoms with van der Waals surface area (Å²) in [5, 5.41) is 3.47. The van der Waals surface area contributed by atoms with E-state index >= 15 is 0 Å². The van der Waals surface area contributed by atoms with E-state index in [2.05, 4.69) is 11.9 Å². The van der Waals surface area contributed by atoms with Gasteiger partial charge in [-0.2, -0.15) is 0 Å². The molecular formula is C13H27NO. The first-order valence-electron chi connectivity index (χ1n) is 6.22. The Labute approximate surface area is 95.1 Å². The van der Waals surface area contributed by atoms with E-state index in [1.165, 1.54) is 45.1 Å². The predicted molar refractivity (Wildman–Crippen MR) is 67.3 cm³/mol. The zero-order valence-electron chi connectivity index (χ0n) is 10.3. The monoisotopic (exact) mass is 213 g/mol. The fraction of sp³-hybridized carbons (Fsp3) is 0.846. The van der Waals surface area contributed by atoms with E-state index in [4.69, 9.17) is 4.74 Å². The van der Waals surface area contributed by atoms with Gasteiger partial charge in [0.1, 0.15) is 0 Å². The van der Waals surface area contributed by atoms with Gasteiger partial charge in [-0.15, -0.1) is 6.58 Å². The molecule has 0 saturated carbocycles. The van der Waals surface area contributed by atoms with Crippen molar-refractivity contribution < 1.29 is 4.74 Å². The van der Waals surface area contributed by atoms with Gasteiger partial charge in [0.2, 0.25) is 0 Å². The zero-order valence-corrected chi connectivity index (χ0v) is 10.3. The Kier molecular flexibility index (Phi) is 13.4. The average Bonchev–Trinajstić information content (AvgIpc) is 2.26. The summed E-state index contributed by atoms with van der Waals surface area (Å²) >= 11 is 0. The third-order valence-electron chi connectivity index (χ3n) is 2.46. The summed E-state index contributed by atoms with van der Waals surface area (Å²) < 4.78 is 5.00. The van der Waals surface area contributed by atoms with Gasteiger partial charge in [0.05, 0.1) is 0 Å². The molecule has 15 heavy (non-hydrogen) atoms. The Morgan fingerprint density at radius 3 is 2.27 bits per heavy atom. The number of methoxy groups -OCH3 is 1. The van der Waals surface area contributed by atoms with Crippen LogP contribution < -0.4 is 5.32 Å². The minimum Gasteiger partial charge on any atom is -0.385 e. The molecule has 0 aromatic rings. The standard InChI is InChI=1S/C13H27NO/c1-3-4-5-6-8-11-14-12-9-7-10-13-15-2/h3,14H,1,4-13H2,2H3. The Hall–Kier alpha value is -0.340. The van der Waals surface area contributed by atoms with Gasteiger partial charge in [-0.3, -0.25) is 0 Å². The summed E-state index contributed by atoms with van der Waals surface area (Å²) in [6, 6.07) is 0. The van der Waals surface area contributed by atoms with Crippen LogP contribution in [0.2, 0.25) is 0 Å². The third-order valence-corrected chi connectivity index (χ3v) is 2.46. The molecule has 0 spiro atoms.